The topological polar surface area (TPSA) is 48.7 Å². The van der Waals surface area contributed by atoms with E-state index < -0.39 is 0 Å². The highest BCUT2D eigenvalue weighted by molar-refractivity contribution is 6.18. The van der Waals surface area contributed by atoms with Crippen molar-refractivity contribution in [1.82, 2.24) is 14.6 Å². The van der Waals surface area contributed by atoms with Gasteiger partial charge in [0.05, 0.1) is 20.1 Å². The molecule has 0 radical (unpaired) electrons. The van der Waals surface area contributed by atoms with Crippen LogP contribution in [0.3, 0.4) is 0 Å². The maximum absolute atomic E-state index is 6.11. The summed E-state index contributed by atoms with van der Waals surface area (Å²) in [5.41, 5.74) is 3.19. The summed E-state index contributed by atoms with van der Waals surface area (Å²) in [6.45, 7) is 0. The van der Waals surface area contributed by atoms with Gasteiger partial charge in [0.25, 0.3) is 0 Å². The Labute approximate surface area is 127 Å². The van der Waals surface area contributed by atoms with Crippen LogP contribution in [0.5, 0.6) is 11.5 Å². The molecule has 0 saturated heterocycles. The van der Waals surface area contributed by atoms with E-state index in [1.54, 1.807) is 24.9 Å². The molecular weight excluding hydrogens is 290 g/mol. The van der Waals surface area contributed by atoms with E-state index in [1.165, 1.54) is 0 Å². The van der Waals surface area contributed by atoms with Crippen LogP contribution in [0.15, 0.2) is 36.7 Å². The molecule has 0 saturated carbocycles. The molecule has 0 atom stereocenters. The zero-order valence-corrected chi connectivity index (χ0v) is 12.5. The minimum Gasteiger partial charge on any atom is -0.493 e. The van der Waals surface area contributed by atoms with Crippen molar-refractivity contribution in [3.63, 3.8) is 0 Å². The van der Waals surface area contributed by atoms with E-state index in [0.29, 0.717) is 17.4 Å². The number of hydrogen-bond acceptors (Lipinski definition) is 4. The summed E-state index contributed by atoms with van der Waals surface area (Å²) in [6.07, 6.45) is 3.56. The number of para-hydroxylation sites is 1. The van der Waals surface area contributed by atoms with Crippen LogP contribution < -0.4 is 9.47 Å². The molecule has 5 nitrogen and oxygen atoms in total. The van der Waals surface area contributed by atoms with Crippen molar-refractivity contribution in [3.8, 4) is 22.8 Å². The average molecular weight is 304 g/mol. The lowest BCUT2D eigenvalue weighted by Crippen LogP contribution is -1.94. The molecule has 3 rings (SSSR count). The highest BCUT2D eigenvalue weighted by Crippen LogP contribution is 2.39. The van der Waals surface area contributed by atoms with E-state index >= 15 is 0 Å². The fourth-order valence-electron chi connectivity index (χ4n) is 2.35. The lowest BCUT2D eigenvalue weighted by molar-refractivity contribution is 0.356. The van der Waals surface area contributed by atoms with Crippen LogP contribution in [0.2, 0.25) is 0 Å². The van der Waals surface area contributed by atoms with E-state index in [2.05, 4.69) is 10.1 Å². The Bertz CT molecular complexity index is 786. The zero-order chi connectivity index (χ0) is 14.8. The quantitative estimate of drug-likeness (QED) is 0.695. The lowest BCUT2D eigenvalue weighted by Gasteiger charge is -2.11. The molecule has 0 unspecified atom stereocenters. The van der Waals surface area contributed by atoms with Crippen LogP contribution in [0.25, 0.3) is 16.9 Å². The molecule has 2 aromatic heterocycles. The summed E-state index contributed by atoms with van der Waals surface area (Å²) in [5, 5.41) is 4.57. The summed E-state index contributed by atoms with van der Waals surface area (Å²) < 4.78 is 12.5. The summed E-state index contributed by atoms with van der Waals surface area (Å²) in [6, 6.07) is 7.49. The fraction of sp³-hybridized carbons (Fsp3) is 0.200. The van der Waals surface area contributed by atoms with Crippen LogP contribution in [0, 0.1) is 0 Å². The molecule has 108 valence electrons. The van der Waals surface area contributed by atoms with Gasteiger partial charge in [0.1, 0.15) is 5.69 Å². The van der Waals surface area contributed by atoms with Gasteiger partial charge in [0.15, 0.2) is 17.1 Å². The fourth-order valence-corrected chi connectivity index (χ4v) is 2.59. The van der Waals surface area contributed by atoms with Crippen LogP contribution in [0.1, 0.15) is 5.56 Å². The van der Waals surface area contributed by atoms with Gasteiger partial charge in [-0.25, -0.2) is 9.50 Å². The third-order valence-electron chi connectivity index (χ3n) is 3.28. The molecule has 0 fully saturated rings. The molecule has 0 aliphatic heterocycles. The minimum atomic E-state index is 0.316. The van der Waals surface area contributed by atoms with Crippen molar-refractivity contribution >= 4 is 17.2 Å². The highest BCUT2D eigenvalue weighted by Gasteiger charge is 2.19. The van der Waals surface area contributed by atoms with Crippen molar-refractivity contribution < 1.29 is 9.47 Å². The van der Waals surface area contributed by atoms with Crippen molar-refractivity contribution in [2.24, 2.45) is 0 Å². The third-order valence-corrected chi connectivity index (χ3v) is 3.55. The van der Waals surface area contributed by atoms with Gasteiger partial charge in [-0.2, -0.15) is 5.10 Å². The molecule has 0 aliphatic carbocycles. The number of hydrogen-bond donors (Lipinski definition) is 0. The first-order valence-corrected chi connectivity index (χ1v) is 6.93. The lowest BCUT2D eigenvalue weighted by atomic mass is 10.1. The molecule has 0 bridgehead atoms. The maximum atomic E-state index is 6.11. The highest BCUT2D eigenvalue weighted by atomic mass is 35.5. The number of nitrogens with zero attached hydrogens (tertiary/aromatic N) is 3. The molecule has 6 heteroatoms. The first-order chi connectivity index (χ1) is 10.3. The first-order valence-electron chi connectivity index (χ1n) is 6.39. The number of methoxy groups -OCH3 is 2. The van der Waals surface area contributed by atoms with Crippen molar-refractivity contribution in [2.45, 2.75) is 5.88 Å². The number of halogens is 1. The van der Waals surface area contributed by atoms with Crippen molar-refractivity contribution in [1.29, 1.82) is 0 Å². The SMILES string of the molecule is COc1cccc(-c2nn3cccnc3c2CCl)c1OC. The second-order valence-corrected chi connectivity index (χ2v) is 4.66. The summed E-state index contributed by atoms with van der Waals surface area (Å²) >= 11 is 6.11. The first kappa shape index (κ1) is 13.7. The molecule has 0 amide bonds. The van der Waals surface area contributed by atoms with Gasteiger partial charge in [-0.3, -0.25) is 0 Å². The Morgan fingerprint density at radius 3 is 2.76 bits per heavy atom. The van der Waals surface area contributed by atoms with Gasteiger partial charge >= 0.3 is 0 Å². The van der Waals surface area contributed by atoms with Crippen LogP contribution in [-0.2, 0) is 5.88 Å². The number of alkyl halides is 1. The maximum Gasteiger partial charge on any atom is 0.170 e. The van der Waals surface area contributed by atoms with E-state index in [4.69, 9.17) is 21.1 Å². The van der Waals surface area contributed by atoms with Gasteiger partial charge in [-0.1, -0.05) is 6.07 Å². The Balaban J connectivity index is 2.30. The standard InChI is InChI=1S/C15H14ClN3O2/c1-20-12-6-3-5-10(14(12)21-2)13-11(9-16)15-17-7-4-8-19(15)18-13/h3-8H,9H2,1-2H3. The van der Waals surface area contributed by atoms with E-state index in [0.717, 1.165) is 22.5 Å². The van der Waals surface area contributed by atoms with Crippen molar-refractivity contribution in [2.75, 3.05) is 14.2 Å². The molecule has 0 aliphatic rings. The van der Waals surface area contributed by atoms with E-state index in [-0.39, 0.29) is 0 Å². The minimum absolute atomic E-state index is 0.316. The summed E-state index contributed by atoms with van der Waals surface area (Å²) in [5.74, 6) is 1.60. The molecule has 2 heterocycles. The van der Waals surface area contributed by atoms with Crippen LogP contribution in [-0.4, -0.2) is 28.8 Å². The molecule has 0 spiro atoms. The molecule has 1 aromatic carbocycles. The predicted molar refractivity (Wildman–Crippen MR) is 81.1 cm³/mol. The third kappa shape index (κ3) is 2.19. The number of benzene rings is 1. The Morgan fingerprint density at radius 2 is 2.05 bits per heavy atom. The van der Waals surface area contributed by atoms with E-state index in [9.17, 15) is 0 Å². The number of fused-ring (bicyclic) bond motifs is 1. The normalized spacial score (nSPS) is 10.8. The number of aromatic nitrogens is 3. The van der Waals surface area contributed by atoms with Gasteiger partial charge in [0.2, 0.25) is 0 Å². The zero-order valence-electron chi connectivity index (χ0n) is 11.7. The Morgan fingerprint density at radius 1 is 1.19 bits per heavy atom. The number of rotatable bonds is 4. The summed E-state index contributed by atoms with van der Waals surface area (Å²) in [4.78, 5) is 4.34. The molecule has 3 aromatic rings. The molecule has 21 heavy (non-hydrogen) atoms. The largest absolute Gasteiger partial charge is 0.493 e. The van der Waals surface area contributed by atoms with Crippen molar-refractivity contribution in [3.05, 3.63) is 42.2 Å². The monoisotopic (exact) mass is 303 g/mol. The van der Waals surface area contributed by atoms with Gasteiger partial charge in [-0.05, 0) is 18.2 Å². The average Bonchev–Trinajstić information content (AvgIpc) is 2.92. The van der Waals surface area contributed by atoms with E-state index in [1.807, 2.05) is 30.5 Å². The Kier molecular flexibility index (Phi) is 3.66. The number of ether oxygens (including phenoxy) is 2. The second kappa shape index (κ2) is 5.61. The smallest absolute Gasteiger partial charge is 0.170 e. The summed E-state index contributed by atoms with van der Waals surface area (Å²) in [7, 11) is 3.21. The molecule has 0 N–H and O–H groups in total. The van der Waals surface area contributed by atoms with Gasteiger partial charge in [-0.15, -0.1) is 11.6 Å². The molecular formula is C15H14ClN3O2. The second-order valence-electron chi connectivity index (χ2n) is 4.39. The Hall–Kier alpha value is -2.27. The van der Waals surface area contributed by atoms with Gasteiger partial charge in [0, 0.05) is 23.5 Å². The van der Waals surface area contributed by atoms with Crippen LogP contribution in [0.4, 0.5) is 0 Å². The predicted octanol–water partition coefficient (Wildman–Crippen LogP) is 3.15. The van der Waals surface area contributed by atoms with Crippen LogP contribution >= 0.6 is 11.6 Å². The van der Waals surface area contributed by atoms with Gasteiger partial charge < -0.3 is 9.47 Å².